The number of fused-ring (bicyclic) bond motifs is 1. The molecule has 0 amide bonds. The SMILES string of the molecule is C[C@H](CC=O)[C@H]1CC[C@@H]2[C@@H]1CCC[C@@H]2OCc1ccccc1. The molecule has 1 aromatic carbocycles. The maximum atomic E-state index is 10.8. The second kappa shape index (κ2) is 7.41. The number of aldehydes is 1. The van der Waals surface area contributed by atoms with Gasteiger partial charge in [0.05, 0.1) is 12.7 Å². The zero-order valence-electron chi connectivity index (χ0n) is 13.6. The third kappa shape index (κ3) is 3.43. The van der Waals surface area contributed by atoms with Gasteiger partial charge in [0.25, 0.3) is 0 Å². The predicted octanol–water partition coefficient (Wildman–Crippen LogP) is 4.62. The van der Waals surface area contributed by atoms with E-state index in [0.717, 1.165) is 37.1 Å². The molecule has 3 rings (SSSR count). The molecule has 0 spiro atoms. The van der Waals surface area contributed by atoms with Gasteiger partial charge >= 0.3 is 0 Å². The van der Waals surface area contributed by atoms with Gasteiger partial charge in [-0.15, -0.1) is 0 Å². The number of hydrogen-bond acceptors (Lipinski definition) is 2. The first-order valence-corrected chi connectivity index (χ1v) is 8.88. The second-order valence-corrected chi connectivity index (χ2v) is 7.21. The van der Waals surface area contributed by atoms with Crippen LogP contribution in [0.1, 0.15) is 51.0 Å². The fraction of sp³-hybridized carbons (Fsp3) is 0.650. The highest BCUT2D eigenvalue weighted by Gasteiger charge is 2.44. The summed E-state index contributed by atoms with van der Waals surface area (Å²) in [7, 11) is 0. The van der Waals surface area contributed by atoms with Crippen LogP contribution in [0.3, 0.4) is 0 Å². The summed E-state index contributed by atoms with van der Waals surface area (Å²) in [4.78, 5) is 10.8. The summed E-state index contributed by atoms with van der Waals surface area (Å²) in [5.41, 5.74) is 1.27. The van der Waals surface area contributed by atoms with Crippen molar-refractivity contribution in [2.24, 2.45) is 23.7 Å². The van der Waals surface area contributed by atoms with Crippen LogP contribution in [-0.2, 0) is 16.1 Å². The summed E-state index contributed by atoms with van der Waals surface area (Å²) in [6.07, 6.45) is 8.66. The Morgan fingerprint density at radius 3 is 2.73 bits per heavy atom. The molecule has 120 valence electrons. The van der Waals surface area contributed by atoms with E-state index >= 15 is 0 Å². The summed E-state index contributed by atoms with van der Waals surface area (Å²) in [5.74, 6) is 2.78. The highest BCUT2D eigenvalue weighted by molar-refractivity contribution is 5.49. The lowest BCUT2D eigenvalue weighted by Crippen LogP contribution is -2.34. The minimum atomic E-state index is 0.424. The smallest absolute Gasteiger partial charge is 0.120 e. The third-order valence-electron chi connectivity index (χ3n) is 5.94. The first kappa shape index (κ1) is 15.7. The van der Waals surface area contributed by atoms with Crippen LogP contribution in [0.2, 0.25) is 0 Å². The fourth-order valence-electron chi connectivity index (χ4n) is 4.81. The molecule has 2 aliphatic carbocycles. The Labute approximate surface area is 134 Å². The zero-order chi connectivity index (χ0) is 15.4. The van der Waals surface area contributed by atoms with E-state index in [2.05, 4.69) is 37.3 Å². The molecule has 0 bridgehead atoms. The van der Waals surface area contributed by atoms with Crippen molar-refractivity contribution < 1.29 is 9.53 Å². The lowest BCUT2D eigenvalue weighted by molar-refractivity contribution is -0.109. The van der Waals surface area contributed by atoms with Crippen LogP contribution in [0.15, 0.2) is 30.3 Å². The van der Waals surface area contributed by atoms with Crippen LogP contribution in [0.25, 0.3) is 0 Å². The fourth-order valence-corrected chi connectivity index (χ4v) is 4.81. The minimum absolute atomic E-state index is 0.424. The molecule has 0 saturated heterocycles. The lowest BCUT2D eigenvalue weighted by atomic mass is 9.72. The molecule has 0 heterocycles. The average molecular weight is 300 g/mol. The van der Waals surface area contributed by atoms with E-state index in [-0.39, 0.29) is 0 Å². The largest absolute Gasteiger partial charge is 0.373 e. The van der Waals surface area contributed by atoms with Gasteiger partial charge in [-0.25, -0.2) is 0 Å². The van der Waals surface area contributed by atoms with E-state index in [4.69, 9.17) is 4.74 Å². The second-order valence-electron chi connectivity index (χ2n) is 7.21. The highest BCUT2D eigenvalue weighted by Crippen LogP contribution is 2.50. The van der Waals surface area contributed by atoms with Crippen LogP contribution >= 0.6 is 0 Å². The summed E-state index contributed by atoms with van der Waals surface area (Å²) in [5, 5.41) is 0. The highest BCUT2D eigenvalue weighted by atomic mass is 16.5. The van der Waals surface area contributed by atoms with Gasteiger partial charge in [0.1, 0.15) is 6.29 Å². The van der Waals surface area contributed by atoms with E-state index in [0.29, 0.717) is 12.0 Å². The molecule has 2 nitrogen and oxygen atoms in total. The van der Waals surface area contributed by atoms with Crippen molar-refractivity contribution in [3.05, 3.63) is 35.9 Å². The van der Waals surface area contributed by atoms with E-state index in [9.17, 15) is 4.79 Å². The van der Waals surface area contributed by atoms with Crippen molar-refractivity contribution in [2.45, 2.75) is 58.2 Å². The molecular formula is C20H28O2. The molecular weight excluding hydrogens is 272 g/mol. The Hall–Kier alpha value is -1.15. The monoisotopic (exact) mass is 300 g/mol. The maximum absolute atomic E-state index is 10.8. The summed E-state index contributed by atoms with van der Waals surface area (Å²) < 4.78 is 6.30. The van der Waals surface area contributed by atoms with Crippen molar-refractivity contribution in [2.75, 3.05) is 0 Å². The summed E-state index contributed by atoms with van der Waals surface area (Å²) >= 11 is 0. The van der Waals surface area contributed by atoms with Gasteiger partial charge in [-0.05, 0) is 54.9 Å². The van der Waals surface area contributed by atoms with Crippen molar-refractivity contribution in [3.8, 4) is 0 Å². The van der Waals surface area contributed by atoms with E-state index in [1.54, 1.807) is 0 Å². The number of hydrogen-bond donors (Lipinski definition) is 0. The van der Waals surface area contributed by atoms with E-state index in [1.807, 2.05) is 0 Å². The predicted molar refractivity (Wildman–Crippen MR) is 88.4 cm³/mol. The number of carbonyl (C=O) groups excluding carboxylic acids is 1. The first-order valence-electron chi connectivity index (χ1n) is 8.88. The Morgan fingerprint density at radius 1 is 1.14 bits per heavy atom. The van der Waals surface area contributed by atoms with Gasteiger partial charge in [0, 0.05) is 6.42 Å². The molecule has 5 atom stereocenters. The van der Waals surface area contributed by atoms with Crippen molar-refractivity contribution in [3.63, 3.8) is 0 Å². The molecule has 0 aliphatic heterocycles. The number of benzene rings is 1. The van der Waals surface area contributed by atoms with Gasteiger partial charge in [-0.3, -0.25) is 0 Å². The van der Waals surface area contributed by atoms with Crippen molar-refractivity contribution in [1.82, 2.24) is 0 Å². The van der Waals surface area contributed by atoms with Crippen LogP contribution in [0.5, 0.6) is 0 Å². The third-order valence-corrected chi connectivity index (χ3v) is 5.94. The average Bonchev–Trinajstić information content (AvgIpc) is 2.99. The number of rotatable bonds is 6. The molecule has 0 aromatic heterocycles. The molecule has 0 N–H and O–H groups in total. The number of ether oxygens (including phenoxy) is 1. The zero-order valence-corrected chi connectivity index (χ0v) is 13.6. The van der Waals surface area contributed by atoms with Crippen molar-refractivity contribution in [1.29, 1.82) is 0 Å². The van der Waals surface area contributed by atoms with Gasteiger partial charge < -0.3 is 9.53 Å². The van der Waals surface area contributed by atoms with Gasteiger partial charge in [-0.1, -0.05) is 43.7 Å². The summed E-state index contributed by atoms with van der Waals surface area (Å²) in [6.45, 7) is 3.00. The molecule has 2 heteroatoms. The Balaban J connectivity index is 1.59. The Kier molecular flexibility index (Phi) is 5.30. The van der Waals surface area contributed by atoms with Crippen LogP contribution < -0.4 is 0 Å². The van der Waals surface area contributed by atoms with Crippen LogP contribution in [-0.4, -0.2) is 12.4 Å². The first-order chi connectivity index (χ1) is 10.8. The van der Waals surface area contributed by atoms with Crippen LogP contribution in [0, 0.1) is 23.7 Å². The topological polar surface area (TPSA) is 26.3 Å². The van der Waals surface area contributed by atoms with E-state index in [1.165, 1.54) is 37.7 Å². The molecule has 22 heavy (non-hydrogen) atoms. The Morgan fingerprint density at radius 2 is 1.95 bits per heavy atom. The molecule has 2 aliphatic rings. The molecule has 0 unspecified atom stereocenters. The molecule has 2 fully saturated rings. The van der Waals surface area contributed by atoms with Crippen molar-refractivity contribution >= 4 is 6.29 Å². The standard InChI is InChI=1S/C20H28O2/c1-15(12-13-21)17-10-11-19-18(17)8-5-9-20(19)22-14-16-6-3-2-4-7-16/h2-4,6-7,13,15,17-20H,5,8-12,14H2,1H3/t15-,17-,18-,19-,20+/m1/s1. The maximum Gasteiger partial charge on any atom is 0.120 e. The normalized spacial score (nSPS) is 32.4. The summed E-state index contributed by atoms with van der Waals surface area (Å²) in [6, 6.07) is 10.5. The van der Waals surface area contributed by atoms with Gasteiger partial charge in [0.2, 0.25) is 0 Å². The number of carbonyl (C=O) groups is 1. The quantitative estimate of drug-likeness (QED) is 0.716. The molecule has 0 radical (unpaired) electrons. The minimum Gasteiger partial charge on any atom is -0.373 e. The van der Waals surface area contributed by atoms with Crippen LogP contribution in [0.4, 0.5) is 0 Å². The lowest BCUT2D eigenvalue weighted by Gasteiger charge is -2.37. The molecule has 1 aromatic rings. The van der Waals surface area contributed by atoms with Gasteiger partial charge in [-0.2, -0.15) is 0 Å². The molecule has 2 saturated carbocycles. The Bertz CT molecular complexity index is 470. The van der Waals surface area contributed by atoms with E-state index < -0.39 is 0 Å². The van der Waals surface area contributed by atoms with Gasteiger partial charge in [0.15, 0.2) is 0 Å².